The van der Waals surface area contributed by atoms with E-state index < -0.39 is 5.91 Å². The van der Waals surface area contributed by atoms with Crippen molar-refractivity contribution in [3.63, 3.8) is 0 Å². The van der Waals surface area contributed by atoms with E-state index >= 15 is 0 Å². The number of nitrogens with two attached hydrogens (primary N) is 1. The molecule has 0 saturated heterocycles. The molecule has 2 rings (SSSR count). The van der Waals surface area contributed by atoms with Gasteiger partial charge in [-0.3, -0.25) is 19.8 Å². The van der Waals surface area contributed by atoms with Gasteiger partial charge in [-0.1, -0.05) is 19.1 Å². The standard InChI is InChI=1S/C13H24N6O/c1-10(2)5-6-18(11-3-4-11)7-8-19-9-12(16-17-19)13(20)15-14/h9-11H,3-8,14H2,1-2H3,(H,15,20). The molecule has 0 aliphatic heterocycles. The molecule has 0 aromatic carbocycles. The van der Waals surface area contributed by atoms with Crippen molar-refractivity contribution in [2.75, 3.05) is 13.1 Å². The summed E-state index contributed by atoms with van der Waals surface area (Å²) < 4.78 is 1.70. The molecular weight excluding hydrogens is 256 g/mol. The van der Waals surface area contributed by atoms with Gasteiger partial charge in [0.05, 0.1) is 12.7 Å². The van der Waals surface area contributed by atoms with Crippen LogP contribution < -0.4 is 11.3 Å². The minimum absolute atomic E-state index is 0.257. The summed E-state index contributed by atoms with van der Waals surface area (Å²) in [6, 6.07) is 0.740. The fourth-order valence-corrected chi connectivity index (χ4v) is 2.16. The van der Waals surface area contributed by atoms with E-state index in [4.69, 9.17) is 5.84 Å². The number of nitrogens with one attached hydrogen (secondary N) is 1. The number of carbonyl (C=O) groups is 1. The van der Waals surface area contributed by atoms with Gasteiger partial charge in [0.15, 0.2) is 5.69 Å². The molecule has 7 heteroatoms. The Morgan fingerprint density at radius 2 is 2.30 bits per heavy atom. The van der Waals surface area contributed by atoms with Crippen LogP contribution in [0.5, 0.6) is 0 Å². The Morgan fingerprint density at radius 1 is 1.55 bits per heavy atom. The monoisotopic (exact) mass is 280 g/mol. The lowest BCUT2D eigenvalue weighted by Gasteiger charge is -2.22. The van der Waals surface area contributed by atoms with E-state index in [1.165, 1.54) is 19.3 Å². The summed E-state index contributed by atoms with van der Waals surface area (Å²) in [7, 11) is 0. The third-order valence-electron chi connectivity index (χ3n) is 3.58. The first-order chi connectivity index (χ1) is 9.60. The summed E-state index contributed by atoms with van der Waals surface area (Å²) in [5.41, 5.74) is 2.31. The quantitative estimate of drug-likeness (QED) is 0.408. The first-order valence-electron chi connectivity index (χ1n) is 7.25. The molecule has 0 spiro atoms. The number of nitrogens with zero attached hydrogens (tertiary/aromatic N) is 4. The van der Waals surface area contributed by atoms with E-state index in [0.29, 0.717) is 0 Å². The highest BCUT2D eigenvalue weighted by Gasteiger charge is 2.28. The van der Waals surface area contributed by atoms with Gasteiger partial charge in [-0.15, -0.1) is 5.10 Å². The molecule has 0 bridgehead atoms. The lowest BCUT2D eigenvalue weighted by molar-refractivity contribution is 0.0948. The molecular formula is C13H24N6O. The van der Waals surface area contributed by atoms with Gasteiger partial charge < -0.3 is 0 Å². The van der Waals surface area contributed by atoms with E-state index in [1.807, 2.05) is 0 Å². The Kier molecular flexibility index (Phi) is 5.08. The van der Waals surface area contributed by atoms with Crippen LogP contribution in [0.1, 0.15) is 43.6 Å². The van der Waals surface area contributed by atoms with Crippen molar-refractivity contribution in [1.82, 2.24) is 25.3 Å². The summed E-state index contributed by atoms with van der Waals surface area (Å²) in [6.45, 7) is 7.33. The van der Waals surface area contributed by atoms with Crippen molar-refractivity contribution in [3.8, 4) is 0 Å². The number of nitrogen functional groups attached to an aromatic ring is 1. The summed E-state index contributed by atoms with van der Waals surface area (Å²) >= 11 is 0. The number of hydrazine groups is 1. The minimum Gasteiger partial charge on any atom is -0.299 e. The van der Waals surface area contributed by atoms with Gasteiger partial charge in [-0.2, -0.15) is 0 Å². The largest absolute Gasteiger partial charge is 0.299 e. The zero-order valence-electron chi connectivity index (χ0n) is 12.2. The molecule has 0 atom stereocenters. The van der Waals surface area contributed by atoms with Gasteiger partial charge in [0.2, 0.25) is 0 Å². The highest BCUT2D eigenvalue weighted by Crippen LogP contribution is 2.27. The van der Waals surface area contributed by atoms with Crippen LogP contribution in [-0.4, -0.2) is 44.9 Å². The molecule has 1 amide bonds. The molecule has 7 nitrogen and oxygen atoms in total. The lowest BCUT2D eigenvalue weighted by Crippen LogP contribution is -2.31. The van der Waals surface area contributed by atoms with Gasteiger partial charge >= 0.3 is 0 Å². The second-order valence-corrected chi connectivity index (χ2v) is 5.79. The number of amides is 1. The number of carbonyl (C=O) groups excluding carboxylic acids is 1. The van der Waals surface area contributed by atoms with Gasteiger partial charge in [-0.05, 0) is 31.7 Å². The average Bonchev–Trinajstić information content (AvgIpc) is 3.15. The first kappa shape index (κ1) is 14.9. The second-order valence-electron chi connectivity index (χ2n) is 5.79. The second kappa shape index (κ2) is 6.81. The normalized spacial score (nSPS) is 15.1. The third-order valence-corrected chi connectivity index (χ3v) is 3.58. The average molecular weight is 280 g/mol. The van der Waals surface area contributed by atoms with Crippen LogP contribution in [0.2, 0.25) is 0 Å². The van der Waals surface area contributed by atoms with Crippen molar-refractivity contribution in [2.24, 2.45) is 11.8 Å². The van der Waals surface area contributed by atoms with E-state index in [-0.39, 0.29) is 5.69 Å². The van der Waals surface area contributed by atoms with Crippen molar-refractivity contribution < 1.29 is 4.79 Å². The molecule has 112 valence electrons. The Morgan fingerprint density at radius 3 is 2.90 bits per heavy atom. The Hall–Kier alpha value is -1.47. The molecule has 1 aliphatic carbocycles. The highest BCUT2D eigenvalue weighted by molar-refractivity contribution is 5.91. The number of rotatable bonds is 8. The van der Waals surface area contributed by atoms with Gasteiger partial charge in [0.1, 0.15) is 0 Å². The lowest BCUT2D eigenvalue weighted by atomic mass is 10.1. The highest BCUT2D eigenvalue weighted by atomic mass is 16.2. The maximum absolute atomic E-state index is 11.3. The van der Waals surface area contributed by atoms with Crippen LogP contribution in [0.25, 0.3) is 0 Å². The van der Waals surface area contributed by atoms with E-state index in [2.05, 4.69) is 34.5 Å². The molecule has 1 aromatic heterocycles. The van der Waals surface area contributed by atoms with Gasteiger partial charge in [0.25, 0.3) is 5.91 Å². The SMILES string of the molecule is CC(C)CCN(CCn1cc(C(=O)NN)nn1)C1CC1. The number of hydrogen-bond donors (Lipinski definition) is 2. The summed E-state index contributed by atoms with van der Waals surface area (Å²) in [6.07, 6.45) is 5.46. The molecule has 0 unspecified atom stereocenters. The molecule has 20 heavy (non-hydrogen) atoms. The van der Waals surface area contributed by atoms with Crippen molar-refractivity contribution >= 4 is 5.91 Å². The van der Waals surface area contributed by atoms with Crippen LogP contribution in [0.4, 0.5) is 0 Å². The molecule has 1 aliphatic rings. The van der Waals surface area contributed by atoms with Crippen molar-refractivity contribution in [3.05, 3.63) is 11.9 Å². The van der Waals surface area contributed by atoms with E-state index in [0.717, 1.165) is 31.6 Å². The first-order valence-corrected chi connectivity index (χ1v) is 7.25. The molecule has 1 heterocycles. The predicted octanol–water partition coefficient (Wildman–Crippen LogP) is 0.392. The number of hydrogen-bond acceptors (Lipinski definition) is 5. The van der Waals surface area contributed by atoms with Crippen molar-refractivity contribution in [2.45, 2.75) is 45.7 Å². The Labute approximate surface area is 119 Å². The minimum atomic E-state index is -0.407. The van der Waals surface area contributed by atoms with Crippen molar-refractivity contribution in [1.29, 1.82) is 0 Å². The molecule has 1 aromatic rings. The number of aromatic nitrogens is 3. The Balaban J connectivity index is 1.82. The fraction of sp³-hybridized carbons (Fsp3) is 0.769. The molecule has 1 fully saturated rings. The van der Waals surface area contributed by atoms with Crippen LogP contribution >= 0.6 is 0 Å². The van der Waals surface area contributed by atoms with E-state index in [9.17, 15) is 4.79 Å². The fourth-order valence-electron chi connectivity index (χ4n) is 2.16. The topological polar surface area (TPSA) is 89.1 Å². The van der Waals surface area contributed by atoms with Gasteiger partial charge in [-0.25, -0.2) is 5.84 Å². The maximum Gasteiger partial charge on any atom is 0.287 e. The van der Waals surface area contributed by atoms with Crippen LogP contribution in [0, 0.1) is 5.92 Å². The summed E-state index contributed by atoms with van der Waals surface area (Å²) in [5, 5.41) is 7.76. The third kappa shape index (κ3) is 4.28. The van der Waals surface area contributed by atoms with Crippen LogP contribution in [0.15, 0.2) is 6.20 Å². The summed E-state index contributed by atoms with van der Waals surface area (Å²) in [5.74, 6) is 5.38. The molecule has 1 saturated carbocycles. The molecule has 3 N–H and O–H groups in total. The van der Waals surface area contributed by atoms with E-state index in [1.54, 1.807) is 10.9 Å². The molecule has 0 radical (unpaired) electrons. The van der Waals surface area contributed by atoms with Crippen LogP contribution in [0.3, 0.4) is 0 Å². The van der Waals surface area contributed by atoms with Crippen LogP contribution in [-0.2, 0) is 6.54 Å². The Bertz CT molecular complexity index is 440. The smallest absolute Gasteiger partial charge is 0.287 e. The van der Waals surface area contributed by atoms with Gasteiger partial charge in [0, 0.05) is 12.6 Å². The zero-order valence-corrected chi connectivity index (χ0v) is 12.2. The zero-order chi connectivity index (χ0) is 14.5. The maximum atomic E-state index is 11.3. The predicted molar refractivity (Wildman–Crippen MR) is 75.7 cm³/mol. The summed E-state index contributed by atoms with van der Waals surface area (Å²) in [4.78, 5) is 13.8.